The summed E-state index contributed by atoms with van der Waals surface area (Å²) in [6, 6.07) is 12.9. The average Bonchev–Trinajstić information content (AvgIpc) is 2.64. The lowest BCUT2D eigenvalue weighted by molar-refractivity contribution is -0.121. The van der Waals surface area contributed by atoms with Crippen molar-refractivity contribution in [3.8, 4) is 5.75 Å². The molecule has 0 saturated heterocycles. The number of ether oxygens (including phenoxy) is 1. The van der Waals surface area contributed by atoms with E-state index in [1.54, 1.807) is 24.4 Å². The van der Waals surface area contributed by atoms with E-state index in [9.17, 15) is 9.59 Å². The van der Waals surface area contributed by atoms with Gasteiger partial charge in [-0.3, -0.25) is 14.6 Å². The van der Waals surface area contributed by atoms with Crippen LogP contribution in [0.15, 0.2) is 48.7 Å². The van der Waals surface area contributed by atoms with Crippen LogP contribution >= 0.6 is 0 Å². The summed E-state index contributed by atoms with van der Waals surface area (Å²) in [5.41, 5.74) is 1.44. The van der Waals surface area contributed by atoms with Crippen molar-refractivity contribution >= 4 is 11.8 Å². The standard InChI is InChI=1S/C19H23N3O3/c1-15-7-2-3-9-17(15)25-14-6-10-18(23)21-12-13-22-19(24)16-8-4-5-11-20-16/h2-5,7-9,11H,6,10,12-14H2,1H3,(H,21,23)(H,22,24). The van der Waals surface area contributed by atoms with E-state index in [1.165, 1.54) is 0 Å². The minimum Gasteiger partial charge on any atom is -0.493 e. The molecule has 6 nitrogen and oxygen atoms in total. The number of benzene rings is 1. The molecule has 0 atom stereocenters. The van der Waals surface area contributed by atoms with Crippen LogP contribution in [0.1, 0.15) is 28.9 Å². The summed E-state index contributed by atoms with van der Waals surface area (Å²) in [6.07, 6.45) is 2.59. The second-order valence-electron chi connectivity index (χ2n) is 5.54. The first kappa shape index (κ1) is 18.4. The second kappa shape index (κ2) is 10.1. The van der Waals surface area contributed by atoms with Crippen LogP contribution in [0.25, 0.3) is 0 Å². The Hall–Kier alpha value is -2.89. The number of rotatable bonds is 9. The van der Waals surface area contributed by atoms with E-state index >= 15 is 0 Å². The SMILES string of the molecule is Cc1ccccc1OCCCC(=O)NCCNC(=O)c1ccccn1. The van der Waals surface area contributed by atoms with Crippen molar-refractivity contribution in [3.63, 3.8) is 0 Å². The molecule has 132 valence electrons. The number of nitrogens with zero attached hydrogens (tertiary/aromatic N) is 1. The van der Waals surface area contributed by atoms with Gasteiger partial charge in [0, 0.05) is 25.7 Å². The fourth-order valence-electron chi connectivity index (χ4n) is 2.19. The summed E-state index contributed by atoms with van der Waals surface area (Å²) in [6.45, 7) is 3.23. The summed E-state index contributed by atoms with van der Waals surface area (Å²) >= 11 is 0. The molecule has 2 rings (SSSR count). The number of carbonyl (C=O) groups is 2. The predicted molar refractivity (Wildman–Crippen MR) is 95.5 cm³/mol. The van der Waals surface area contributed by atoms with Crippen LogP contribution in [0.2, 0.25) is 0 Å². The Morgan fingerprint density at radius 3 is 2.56 bits per heavy atom. The van der Waals surface area contributed by atoms with Gasteiger partial charge in [0.15, 0.2) is 0 Å². The third-order valence-corrected chi connectivity index (χ3v) is 3.53. The Kier molecular flexibility index (Phi) is 7.43. The van der Waals surface area contributed by atoms with Gasteiger partial charge in [-0.1, -0.05) is 24.3 Å². The van der Waals surface area contributed by atoms with E-state index in [0.29, 0.717) is 38.2 Å². The van der Waals surface area contributed by atoms with E-state index in [0.717, 1.165) is 11.3 Å². The van der Waals surface area contributed by atoms with Crippen LogP contribution in [-0.2, 0) is 4.79 Å². The lowest BCUT2D eigenvalue weighted by atomic mass is 10.2. The third kappa shape index (κ3) is 6.63. The zero-order valence-electron chi connectivity index (χ0n) is 14.3. The fourth-order valence-corrected chi connectivity index (χ4v) is 2.19. The zero-order chi connectivity index (χ0) is 17.9. The number of nitrogens with one attached hydrogen (secondary N) is 2. The predicted octanol–water partition coefficient (Wildman–Crippen LogP) is 2.10. The third-order valence-electron chi connectivity index (χ3n) is 3.53. The smallest absolute Gasteiger partial charge is 0.269 e. The molecule has 6 heteroatoms. The average molecular weight is 341 g/mol. The van der Waals surface area contributed by atoms with Crippen LogP contribution in [0.5, 0.6) is 5.75 Å². The Balaban J connectivity index is 1.54. The molecule has 1 aromatic carbocycles. The number of para-hydroxylation sites is 1. The molecule has 25 heavy (non-hydrogen) atoms. The number of hydrogen-bond donors (Lipinski definition) is 2. The van der Waals surface area contributed by atoms with Crippen molar-refractivity contribution < 1.29 is 14.3 Å². The Morgan fingerprint density at radius 2 is 1.80 bits per heavy atom. The first-order valence-electron chi connectivity index (χ1n) is 8.31. The zero-order valence-corrected chi connectivity index (χ0v) is 14.3. The minimum atomic E-state index is -0.249. The van der Waals surface area contributed by atoms with Crippen LogP contribution in [0.3, 0.4) is 0 Å². The van der Waals surface area contributed by atoms with E-state index in [1.807, 2.05) is 31.2 Å². The highest BCUT2D eigenvalue weighted by molar-refractivity contribution is 5.92. The van der Waals surface area contributed by atoms with E-state index in [4.69, 9.17) is 4.74 Å². The molecule has 1 aromatic heterocycles. The summed E-state index contributed by atoms with van der Waals surface area (Å²) in [5, 5.41) is 5.48. The van der Waals surface area contributed by atoms with Gasteiger partial charge in [0.05, 0.1) is 6.61 Å². The second-order valence-corrected chi connectivity index (χ2v) is 5.54. The molecule has 0 aliphatic rings. The van der Waals surface area contributed by atoms with Crippen LogP contribution in [-0.4, -0.2) is 36.5 Å². The van der Waals surface area contributed by atoms with Crippen molar-refractivity contribution in [3.05, 3.63) is 59.9 Å². The topological polar surface area (TPSA) is 80.3 Å². The molecular weight excluding hydrogens is 318 g/mol. The maximum Gasteiger partial charge on any atom is 0.269 e. The van der Waals surface area contributed by atoms with Gasteiger partial charge in [0.2, 0.25) is 5.91 Å². The number of amides is 2. The first-order valence-corrected chi connectivity index (χ1v) is 8.31. The Labute approximate surface area is 147 Å². The lowest BCUT2D eigenvalue weighted by Gasteiger charge is -2.09. The number of hydrogen-bond acceptors (Lipinski definition) is 4. The molecule has 1 heterocycles. The fraction of sp³-hybridized carbons (Fsp3) is 0.316. The van der Waals surface area contributed by atoms with Crippen LogP contribution in [0, 0.1) is 6.92 Å². The molecule has 2 N–H and O–H groups in total. The van der Waals surface area contributed by atoms with Crippen LogP contribution < -0.4 is 15.4 Å². The van der Waals surface area contributed by atoms with Gasteiger partial charge in [-0.05, 0) is 37.1 Å². The van der Waals surface area contributed by atoms with Crippen molar-refractivity contribution in [2.24, 2.45) is 0 Å². The van der Waals surface area contributed by atoms with Gasteiger partial charge in [-0.2, -0.15) is 0 Å². The quantitative estimate of drug-likeness (QED) is 0.685. The molecule has 0 fully saturated rings. The van der Waals surface area contributed by atoms with Gasteiger partial charge in [-0.25, -0.2) is 0 Å². The van der Waals surface area contributed by atoms with E-state index in [-0.39, 0.29) is 11.8 Å². The normalized spacial score (nSPS) is 10.1. The molecular formula is C19H23N3O3. The first-order chi connectivity index (χ1) is 12.2. The maximum absolute atomic E-state index is 11.8. The minimum absolute atomic E-state index is 0.0551. The number of pyridine rings is 1. The van der Waals surface area contributed by atoms with Gasteiger partial charge in [-0.15, -0.1) is 0 Å². The molecule has 0 radical (unpaired) electrons. The van der Waals surface area contributed by atoms with Crippen molar-refractivity contribution in [1.82, 2.24) is 15.6 Å². The Morgan fingerprint density at radius 1 is 1.04 bits per heavy atom. The Bertz CT molecular complexity index is 689. The van der Waals surface area contributed by atoms with Gasteiger partial charge in [0.1, 0.15) is 11.4 Å². The molecule has 2 aromatic rings. The molecule has 0 aliphatic carbocycles. The highest BCUT2D eigenvalue weighted by atomic mass is 16.5. The molecule has 0 aliphatic heterocycles. The summed E-state index contributed by atoms with van der Waals surface area (Å²) in [7, 11) is 0. The van der Waals surface area contributed by atoms with E-state index in [2.05, 4.69) is 15.6 Å². The summed E-state index contributed by atoms with van der Waals surface area (Å²) in [4.78, 5) is 27.5. The monoisotopic (exact) mass is 341 g/mol. The van der Waals surface area contributed by atoms with Crippen molar-refractivity contribution in [2.45, 2.75) is 19.8 Å². The number of carbonyl (C=O) groups excluding carboxylic acids is 2. The number of aryl methyl sites for hydroxylation is 1. The molecule has 0 saturated carbocycles. The van der Waals surface area contributed by atoms with Gasteiger partial charge < -0.3 is 15.4 Å². The maximum atomic E-state index is 11.8. The van der Waals surface area contributed by atoms with Gasteiger partial charge in [0.25, 0.3) is 5.91 Å². The molecule has 0 bridgehead atoms. The highest BCUT2D eigenvalue weighted by Crippen LogP contribution is 2.16. The largest absolute Gasteiger partial charge is 0.493 e. The van der Waals surface area contributed by atoms with Crippen molar-refractivity contribution in [1.29, 1.82) is 0 Å². The van der Waals surface area contributed by atoms with Crippen molar-refractivity contribution in [2.75, 3.05) is 19.7 Å². The van der Waals surface area contributed by atoms with Gasteiger partial charge >= 0.3 is 0 Å². The molecule has 0 spiro atoms. The summed E-state index contributed by atoms with van der Waals surface area (Å²) < 4.78 is 5.65. The number of aromatic nitrogens is 1. The lowest BCUT2D eigenvalue weighted by Crippen LogP contribution is -2.35. The highest BCUT2D eigenvalue weighted by Gasteiger charge is 2.06. The van der Waals surface area contributed by atoms with Crippen LogP contribution in [0.4, 0.5) is 0 Å². The van der Waals surface area contributed by atoms with E-state index < -0.39 is 0 Å². The molecule has 2 amide bonds. The summed E-state index contributed by atoms with van der Waals surface area (Å²) in [5.74, 6) is 0.544. The molecule has 0 unspecified atom stereocenters.